The number of nitrogens with one attached hydrogen (secondary N) is 1. The first-order valence-corrected chi connectivity index (χ1v) is 7.43. The zero-order valence-electron chi connectivity index (χ0n) is 13.5. The van der Waals surface area contributed by atoms with Crippen LogP contribution in [0, 0.1) is 5.41 Å². The second kappa shape index (κ2) is 7.57. The van der Waals surface area contributed by atoms with Crippen LogP contribution in [0.4, 0.5) is 0 Å². The molecule has 0 fully saturated rings. The molecule has 0 bridgehead atoms. The van der Waals surface area contributed by atoms with Crippen LogP contribution >= 0.6 is 0 Å². The van der Waals surface area contributed by atoms with Gasteiger partial charge in [-0.15, -0.1) is 0 Å². The summed E-state index contributed by atoms with van der Waals surface area (Å²) in [4.78, 5) is 11.9. The molecule has 0 saturated heterocycles. The highest BCUT2D eigenvalue weighted by atomic mass is 16.5. The van der Waals surface area contributed by atoms with Crippen molar-refractivity contribution in [1.29, 1.82) is 0 Å². The molecule has 4 nitrogen and oxygen atoms in total. The molecule has 0 radical (unpaired) electrons. The lowest BCUT2D eigenvalue weighted by Gasteiger charge is -2.31. The zero-order valence-corrected chi connectivity index (χ0v) is 13.5. The Bertz CT molecular complexity index is 439. The second-order valence-corrected chi connectivity index (χ2v) is 6.47. The largest absolute Gasteiger partial charge is 0.480 e. The van der Waals surface area contributed by atoms with Crippen LogP contribution < -0.4 is 5.32 Å². The van der Waals surface area contributed by atoms with E-state index in [2.05, 4.69) is 26.1 Å². The van der Waals surface area contributed by atoms with Crippen molar-refractivity contribution in [2.75, 3.05) is 19.8 Å². The summed E-state index contributed by atoms with van der Waals surface area (Å²) >= 11 is 0. The standard InChI is InChI=1S/C17H27NO3/c1-5-18-17(15(19)20,14-9-7-6-8-10-14)13-21-12-11-16(2,3)4/h6-10,18H,5,11-13H2,1-4H3,(H,19,20). The Morgan fingerprint density at radius 2 is 1.86 bits per heavy atom. The highest BCUT2D eigenvalue weighted by Crippen LogP contribution is 2.24. The van der Waals surface area contributed by atoms with E-state index in [1.807, 2.05) is 37.3 Å². The van der Waals surface area contributed by atoms with Gasteiger partial charge in [0.15, 0.2) is 5.54 Å². The minimum Gasteiger partial charge on any atom is -0.480 e. The fourth-order valence-corrected chi connectivity index (χ4v) is 2.13. The van der Waals surface area contributed by atoms with E-state index in [4.69, 9.17) is 4.74 Å². The quantitative estimate of drug-likeness (QED) is 0.723. The molecule has 4 heteroatoms. The number of carboxylic acid groups (broad SMARTS) is 1. The zero-order chi connectivity index (χ0) is 15.9. The molecule has 21 heavy (non-hydrogen) atoms. The Kier molecular flexibility index (Phi) is 6.37. The first-order valence-electron chi connectivity index (χ1n) is 7.43. The summed E-state index contributed by atoms with van der Waals surface area (Å²) in [5.41, 5.74) is -0.292. The minimum atomic E-state index is -1.19. The van der Waals surface area contributed by atoms with Gasteiger partial charge in [0.2, 0.25) is 0 Å². The molecule has 1 atom stereocenters. The molecular formula is C17H27NO3. The van der Waals surface area contributed by atoms with Gasteiger partial charge in [-0.05, 0) is 23.9 Å². The average molecular weight is 293 g/mol. The van der Waals surface area contributed by atoms with Crippen molar-refractivity contribution in [2.45, 2.75) is 39.7 Å². The summed E-state index contributed by atoms with van der Waals surface area (Å²) in [5.74, 6) is -0.911. The minimum absolute atomic E-state index is 0.121. The molecule has 0 aliphatic carbocycles. The predicted octanol–water partition coefficient (Wildman–Crippen LogP) is 3.03. The number of ether oxygens (including phenoxy) is 1. The van der Waals surface area contributed by atoms with Gasteiger partial charge in [0, 0.05) is 6.61 Å². The highest BCUT2D eigenvalue weighted by Gasteiger charge is 2.40. The molecule has 1 unspecified atom stereocenters. The van der Waals surface area contributed by atoms with Gasteiger partial charge in [-0.2, -0.15) is 0 Å². The maximum absolute atomic E-state index is 11.9. The van der Waals surface area contributed by atoms with Gasteiger partial charge in [0.05, 0.1) is 6.61 Å². The normalized spacial score (nSPS) is 14.7. The summed E-state index contributed by atoms with van der Waals surface area (Å²) < 4.78 is 5.70. The SMILES string of the molecule is CCNC(COCCC(C)(C)C)(C(=O)O)c1ccccc1. The summed E-state index contributed by atoms with van der Waals surface area (Å²) in [6, 6.07) is 9.22. The van der Waals surface area contributed by atoms with E-state index in [0.717, 1.165) is 12.0 Å². The molecule has 118 valence electrons. The van der Waals surface area contributed by atoms with Gasteiger partial charge >= 0.3 is 5.97 Å². The van der Waals surface area contributed by atoms with Crippen LogP contribution in [0.3, 0.4) is 0 Å². The van der Waals surface area contributed by atoms with Crippen LogP contribution in [-0.2, 0) is 15.1 Å². The van der Waals surface area contributed by atoms with Gasteiger partial charge in [-0.25, -0.2) is 4.79 Å². The number of likely N-dealkylation sites (N-methyl/N-ethyl adjacent to an activating group) is 1. The van der Waals surface area contributed by atoms with Crippen molar-refractivity contribution in [1.82, 2.24) is 5.32 Å². The molecular weight excluding hydrogens is 266 g/mol. The molecule has 1 aromatic carbocycles. The summed E-state index contributed by atoms with van der Waals surface area (Å²) in [7, 11) is 0. The molecule has 0 amide bonds. The van der Waals surface area contributed by atoms with Crippen LogP contribution in [0.2, 0.25) is 0 Å². The van der Waals surface area contributed by atoms with Crippen LogP contribution in [0.15, 0.2) is 30.3 Å². The Hall–Kier alpha value is -1.39. The molecule has 0 aliphatic heterocycles. The monoisotopic (exact) mass is 293 g/mol. The van der Waals surface area contributed by atoms with Crippen molar-refractivity contribution in [3.05, 3.63) is 35.9 Å². The van der Waals surface area contributed by atoms with Gasteiger partial charge in [-0.3, -0.25) is 5.32 Å². The molecule has 0 aromatic heterocycles. The third-order valence-corrected chi connectivity index (χ3v) is 3.43. The number of aliphatic carboxylic acids is 1. The maximum atomic E-state index is 11.9. The summed E-state index contributed by atoms with van der Waals surface area (Å²) in [5, 5.41) is 12.8. The molecule has 0 heterocycles. The van der Waals surface area contributed by atoms with Crippen molar-refractivity contribution >= 4 is 5.97 Å². The lowest BCUT2D eigenvalue weighted by Crippen LogP contribution is -2.52. The van der Waals surface area contributed by atoms with Crippen molar-refractivity contribution < 1.29 is 14.6 Å². The fourth-order valence-electron chi connectivity index (χ4n) is 2.13. The average Bonchev–Trinajstić information content (AvgIpc) is 2.42. The Morgan fingerprint density at radius 1 is 1.24 bits per heavy atom. The van der Waals surface area contributed by atoms with Crippen LogP contribution in [0.25, 0.3) is 0 Å². The van der Waals surface area contributed by atoms with Crippen molar-refractivity contribution in [3.63, 3.8) is 0 Å². The van der Waals surface area contributed by atoms with Crippen molar-refractivity contribution in [3.8, 4) is 0 Å². The molecule has 2 N–H and O–H groups in total. The first kappa shape index (κ1) is 17.7. The Balaban J connectivity index is 2.85. The number of carbonyl (C=O) groups is 1. The molecule has 0 aliphatic rings. The number of rotatable bonds is 8. The first-order chi connectivity index (χ1) is 9.82. The van der Waals surface area contributed by atoms with Crippen LogP contribution in [0.5, 0.6) is 0 Å². The van der Waals surface area contributed by atoms with Gasteiger partial charge in [0.25, 0.3) is 0 Å². The predicted molar refractivity (Wildman–Crippen MR) is 84.3 cm³/mol. The molecule has 0 spiro atoms. The number of hydrogen-bond acceptors (Lipinski definition) is 3. The van der Waals surface area contributed by atoms with E-state index >= 15 is 0 Å². The number of carboxylic acids is 1. The lowest BCUT2D eigenvalue weighted by molar-refractivity contribution is -0.148. The summed E-state index contributed by atoms with van der Waals surface area (Å²) in [6.07, 6.45) is 0.892. The van der Waals surface area contributed by atoms with Gasteiger partial charge in [0.1, 0.15) is 0 Å². The Labute approximate surface area is 127 Å². The third kappa shape index (κ3) is 5.14. The Morgan fingerprint density at radius 3 is 2.33 bits per heavy atom. The fraction of sp³-hybridized carbons (Fsp3) is 0.588. The molecule has 1 aromatic rings. The van der Waals surface area contributed by atoms with E-state index in [1.54, 1.807) is 0 Å². The summed E-state index contributed by atoms with van der Waals surface area (Å²) in [6.45, 7) is 9.56. The number of hydrogen-bond donors (Lipinski definition) is 2. The topological polar surface area (TPSA) is 58.6 Å². The number of benzene rings is 1. The van der Waals surface area contributed by atoms with E-state index in [0.29, 0.717) is 13.2 Å². The van der Waals surface area contributed by atoms with E-state index in [1.165, 1.54) is 0 Å². The van der Waals surface area contributed by atoms with Crippen LogP contribution in [0.1, 0.15) is 39.7 Å². The maximum Gasteiger partial charge on any atom is 0.331 e. The van der Waals surface area contributed by atoms with Gasteiger partial charge < -0.3 is 9.84 Å². The molecule has 1 rings (SSSR count). The smallest absolute Gasteiger partial charge is 0.331 e. The third-order valence-electron chi connectivity index (χ3n) is 3.43. The van der Waals surface area contributed by atoms with E-state index < -0.39 is 11.5 Å². The second-order valence-electron chi connectivity index (χ2n) is 6.47. The van der Waals surface area contributed by atoms with Gasteiger partial charge in [-0.1, -0.05) is 58.0 Å². The highest BCUT2D eigenvalue weighted by molar-refractivity contribution is 5.81. The van der Waals surface area contributed by atoms with E-state index in [9.17, 15) is 9.90 Å². The lowest BCUT2D eigenvalue weighted by atomic mass is 9.90. The van der Waals surface area contributed by atoms with Crippen molar-refractivity contribution in [2.24, 2.45) is 5.41 Å². The molecule has 0 saturated carbocycles. The van der Waals surface area contributed by atoms with Crippen LogP contribution in [-0.4, -0.2) is 30.8 Å². The van der Waals surface area contributed by atoms with E-state index in [-0.39, 0.29) is 12.0 Å².